The fourth-order valence-corrected chi connectivity index (χ4v) is 4.29. The number of ether oxygens (including phenoxy) is 1. The van der Waals surface area contributed by atoms with Crippen LogP contribution in [0.2, 0.25) is 5.02 Å². The normalized spacial score (nSPS) is 13.3. The molecule has 5 nitrogen and oxygen atoms in total. The lowest BCUT2D eigenvalue weighted by Gasteiger charge is -2.14. The smallest absolute Gasteiger partial charge is 0.259 e. The highest BCUT2D eigenvalue weighted by Gasteiger charge is 2.35. The zero-order chi connectivity index (χ0) is 17.9. The third-order valence-corrected chi connectivity index (χ3v) is 5.29. The number of aryl methyl sites for hydroxylation is 1. The molecule has 0 spiro atoms. The van der Waals surface area contributed by atoms with E-state index in [0.717, 1.165) is 9.99 Å². The highest BCUT2D eigenvalue weighted by molar-refractivity contribution is 9.10. The van der Waals surface area contributed by atoms with Crippen molar-refractivity contribution in [3.63, 3.8) is 0 Å². The summed E-state index contributed by atoms with van der Waals surface area (Å²) in [5.74, 6) is -0.311. The molecule has 2 heterocycles. The van der Waals surface area contributed by atoms with Crippen LogP contribution < -0.4 is 10.1 Å². The maximum atomic E-state index is 12.5. The van der Waals surface area contributed by atoms with Crippen molar-refractivity contribution in [3.8, 4) is 16.9 Å². The first kappa shape index (κ1) is 16.2. The first-order valence-electron chi connectivity index (χ1n) is 7.44. The van der Waals surface area contributed by atoms with E-state index in [9.17, 15) is 9.59 Å². The molecule has 2 aromatic carbocycles. The molecule has 0 unspecified atom stereocenters. The van der Waals surface area contributed by atoms with Gasteiger partial charge in [0.15, 0.2) is 0 Å². The number of rotatable bonds is 2. The maximum Gasteiger partial charge on any atom is 0.259 e. The first-order valence-corrected chi connectivity index (χ1v) is 8.61. The molecule has 1 aliphatic heterocycles. The van der Waals surface area contributed by atoms with Crippen LogP contribution in [0.25, 0.3) is 22.0 Å². The summed E-state index contributed by atoms with van der Waals surface area (Å²) in [4.78, 5) is 25.0. The van der Waals surface area contributed by atoms with E-state index in [1.54, 1.807) is 18.2 Å². The van der Waals surface area contributed by atoms with Gasteiger partial charge >= 0.3 is 0 Å². The Bertz CT molecular complexity index is 1090. The van der Waals surface area contributed by atoms with Crippen LogP contribution in [0.3, 0.4) is 0 Å². The summed E-state index contributed by atoms with van der Waals surface area (Å²) < 4.78 is 8.08. The molecule has 0 aliphatic carbocycles. The van der Waals surface area contributed by atoms with Crippen LogP contribution in [-0.2, 0) is 7.05 Å². The lowest BCUT2D eigenvalue weighted by atomic mass is 9.93. The minimum absolute atomic E-state index is 0. The average molecular weight is 422 g/mol. The Kier molecular flexibility index (Phi) is 3.63. The summed E-state index contributed by atoms with van der Waals surface area (Å²) in [6.45, 7) is 0. The Balaban J connectivity index is 0.00000196. The summed E-state index contributed by atoms with van der Waals surface area (Å²) in [5, 5.41) is 3.54. The number of nitrogens with zero attached hydrogens (tertiary/aromatic N) is 1. The van der Waals surface area contributed by atoms with E-state index in [4.69, 9.17) is 16.3 Å². The van der Waals surface area contributed by atoms with Gasteiger partial charge in [0, 0.05) is 35.7 Å². The molecule has 128 valence electrons. The fourth-order valence-electron chi connectivity index (χ4n) is 3.32. The first-order chi connectivity index (χ1) is 11.9. The van der Waals surface area contributed by atoms with Crippen LogP contribution in [0.5, 0.6) is 5.75 Å². The van der Waals surface area contributed by atoms with Crippen LogP contribution in [0, 0.1) is 0 Å². The topological polar surface area (TPSA) is 60.3 Å². The fraction of sp³-hybridized carbons (Fsp3) is 0.111. The number of carbonyl (C=O) groups excluding carboxylic acids is 2. The van der Waals surface area contributed by atoms with Crippen molar-refractivity contribution in [2.75, 3.05) is 7.11 Å². The number of halogens is 2. The summed E-state index contributed by atoms with van der Waals surface area (Å²) in [7, 11) is 3.42. The summed E-state index contributed by atoms with van der Waals surface area (Å²) in [5.41, 5.74) is 2.64. The van der Waals surface area contributed by atoms with E-state index in [1.165, 1.54) is 7.11 Å². The van der Waals surface area contributed by atoms with Gasteiger partial charge in [-0.1, -0.05) is 17.7 Å². The van der Waals surface area contributed by atoms with Crippen molar-refractivity contribution in [1.29, 1.82) is 0 Å². The lowest BCUT2D eigenvalue weighted by Crippen LogP contribution is -2.20. The second kappa shape index (κ2) is 5.61. The highest BCUT2D eigenvalue weighted by Crippen LogP contribution is 2.44. The van der Waals surface area contributed by atoms with E-state index >= 15 is 0 Å². The molecule has 7 heteroatoms. The van der Waals surface area contributed by atoms with Crippen molar-refractivity contribution in [1.82, 2.24) is 9.88 Å². The molecule has 1 N–H and O–H groups in total. The van der Waals surface area contributed by atoms with Crippen molar-refractivity contribution in [2.24, 2.45) is 7.05 Å². The van der Waals surface area contributed by atoms with Gasteiger partial charge in [0.25, 0.3) is 11.8 Å². The second-order valence-electron chi connectivity index (χ2n) is 5.76. The quantitative estimate of drug-likeness (QED) is 0.624. The van der Waals surface area contributed by atoms with Gasteiger partial charge in [-0.3, -0.25) is 14.9 Å². The molecule has 0 fully saturated rings. The predicted molar refractivity (Wildman–Crippen MR) is 102 cm³/mol. The van der Waals surface area contributed by atoms with Crippen molar-refractivity contribution < 1.29 is 15.8 Å². The molecular formula is C18H14BrClN2O3. The molecule has 0 saturated heterocycles. The number of imide groups is 1. The number of hydrogen-bond acceptors (Lipinski definition) is 3. The minimum atomic E-state index is -0.436. The molecule has 1 aromatic heterocycles. The average Bonchev–Trinajstić information content (AvgIpc) is 3.03. The number of hydrogen-bond donors (Lipinski definition) is 1. The Hall–Kier alpha value is -2.31. The molecule has 0 atom stereocenters. The molecule has 4 rings (SSSR count). The lowest BCUT2D eigenvalue weighted by molar-refractivity contribution is 0.0880. The summed E-state index contributed by atoms with van der Waals surface area (Å²) >= 11 is 9.89. The van der Waals surface area contributed by atoms with E-state index in [1.807, 2.05) is 23.9 Å². The Morgan fingerprint density at radius 2 is 1.92 bits per heavy atom. The van der Waals surface area contributed by atoms with E-state index < -0.39 is 11.8 Å². The summed E-state index contributed by atoms with van der Waals surface area (Å²) in [6, 6.07) is 7.13. The number of fused-ring (bicyclic) bond motifs is 3. The van der Waals surface area contributed by atoms with E-state index in [-0.39, 0.29) is 1.43 Å². The monoisotopic (exact) mass is 420 g/mol. The van der Waals surface area contributed by atoms with Gasteiger partial charge in [0.1, 0.15) is 5.75 Å². The van der Waals surface area contributed by atoms with Crippen LogP contribution in [-0.4, -0.2) is 23.5 Å². The molecular weight excluding hydrogens is 408 g/mol. The van der Waals surface area contributed by atoms with Crippen LogP contribution >= 0.6 is 27.5 Å². The van der Waals surface area contributed by atoms with Crippen molar-refractivity contribution in [2.45, 2.75) is 0 Å². The molecule has 0 radical (unpaired) electrons. The predicted octanol–water partition coefficient (Wildman–Crippen LogP) is 4.40. The number of carbonyl (C=O) groups is 2. The van der Waals surface area contributed by atoms with Gasteiger partial charge in [0.05, 0.1) is 28.8 Å². The Morgan fingerprint density at radius 3 is 2.64 bits per heavy atom. The van der Waals surface area contributed by atoms with Crippen LogP contribution in [0.15, 0.2) is 34.9 Å². The number of aromatic nitrogens is 1. The number of methoxy groups -OCH3 is 1. The zero-order valence-electron chi connectivity index (χ0n) is 13.3. The molecule has 1 aliphatic rings. The third kappa shape index (κ3) is 2.21. The maximum absolute atomic E-state index is 12.5. The van der Waals surface area contributed by atoms with Gasteiger partial charge < -0.3 is 9.30 Å². The molecule has 25 heavy (non-hydrogen) atoms. The largest absolute Gasteiger partial charge is 0.496 e. The number of nitrogens with one attached hydrogen (secondary N) is 1. The molecule has 0 bridgehead atoms. The molecule has 0 saturated carbocycles. The third-order valence-electron chi connectivity index (χ3n) is 4.38. The van der Waals surface area contributed by atoms with Gasteiger partial charge in [-0.15, -0.1) is 0 Å². The van der Waals surface area contributed by atoms with Gasteiger partial charge in [-0.2, -0.15) is 0 Å². The number of benzene rings is 2. The van der Waals surface area contributed by atoms with Gasteiger partial charge in [0.2, 0.25) is 0 Å². The van der Waals surface area contributed by atoms with Gasteiger partial charge in [-0.05, 0) is 34.1 Å². The minimum Gasteiger partial charge on any atom is -0.496 e. The van der Waals surface area contributed by atoms with Crippen molar-refractivity contribution in [3.05, 3.63) is 51.1 Å². The Morgan fingerprint density at radius 1 is 1.20 bits per heavy atom. The van der Waals surface area contributed by atoms with E-state index in [0.29, 0.717) is 38.4 Å². The zero-order valence-corrected chi connectivity index (χ0v) is 15.7. The molecule has 3 aromatic rings. The number of amides is 2. The highest BCUT2D eigenvalue weighted by atomic mass is 79.9. The van der Waals surface area contributed by atoms with Crippen molar-refractivity contribution >= 4 is 50.2 Å². The summed E-state index contributed by atoms with van der Waals surface area (Å²) in [6.07, 6.45) is 1.86. The Labute approximate surface area is 158 Å². The molecule has 2 amide bonds. The van der Waals surface area contributed by atoms with Crippen LogP contribution in [0.1, 0.15) is 22.1 Å². The SMILES string of the molecule is COc1cccc(Cl)c1-c1cc2c(c(Br)cn2C)c2c1C(=O)NC2=O.[HH]. The van der Waals surface area contributed by atoms with Crippen LogP contribution in [0.4, 0.5) is 0 Å². The second-order valence-corrected chi connectivity index (χ2v) is 7.02. The van der Waals surface area contributed by atoms with E-state index in [2.05, 4.69) is 21.2 Å². The van der Waals surface area contributed by atoms with Gasteiger partial charge in [-0.25, -0.2) is 0 Å². The standard InChI is InChI=1S/C18H12BrClN2O3.H2/c1-22-7-9(19)15-11(22)6-8(14-16(15)18(24)21-17(14)23)13-10(20)4-3-5-12(13)25-2;/h3-7H,1-2H3,(H,21,23,24);1H.